The Kier molecular flexibility index (Phi) is 5.50. The zero-order valence-corrected chi connectivity index (χ0v) is 12.2. The van der Waals surface area contributed by atoms with Gasteiger partial charge in [-0.1, -0.05) is 12.8 Å². The molecule has 6 heteroatoms. The summed E-state index contributed by atoms with van der Waals surface area (Å²) >= 11 is 0. The summed E-state index contributed by atoms with van der Waals surface area (Å²) in [6.07, 6.45) is -1.65. The van der Waals surface area contributed by atoms with Crippen molar-refractivity contribution < 1.29 is 13.2 Å². The highest BCUT2D eigenvalue weighted by molar-refractivity contribution is 5.79. The third-order valence-electron chi connectivity index (χ3n) is 3.60. The first-order valence-corrected chi connectivity index (χ1v) is 6.69. The van der Waals surface area contributed by atoms with Crippen LogP contribution in [0, 0.1) is 11.8 Å². The topological polar surface area (TPSA) is 18.8 Å². The summed E-state index contributed by atoms with van der Waals surface area (Å²) in [6, 6.07) is 0. The van der Waals surface area contributed by atoms with Crippen LogP contribution in [0.3, 0.4) is 0 Å². The summed E-state index contributed by atoms with van der Waals surface area (Å²) in [5.41, 5.74) is 0. The maximum absolute atomic E-state index is 13.0. The molecule has 1 aliphatic rings. The molecule has 0 aromatic heterocycles. The van der Waals surface area contributed by atoms with Crippen molar-refractivity contribution in [2.45, 2.75) is 31.9 Å². The van der Waals surface area contributed by atoms with Crippen molar-refractivity contribution in [2.75, 3.05) is 34.7 Å². The predicted molar refractivity (Wildman–Crippen MR) is 71.2 cm³/mol. The van der Waals surface area contributed by atoms with Crippen LogP contribution in [0.4, 0.5) is 13.2 Å². The molecule has 0 aromatic carbocycles. The average Bonchev–Trinajstić information content (AvgIpc) is 2.27. The predicted octanol–water partition coefficient (Wildman–Crippen LogP) is 2.83. The molecule has 0 aliphatic heterocycles. The van der Waals surface area contributed by atoms with Crippen LogP contribution in [0.25, 0.3) is 0 Å². The standard InChI is InChI=1S/C13H24F3N3/c1-18(2)12(19(3)4)17-9-10-7-5-6-8-11(10)13(14,15)16/h10-11H,5-9H2,1-4H3. The van der Waals surface area contributed by atoms with Gasteiger partial charge in [0.2, 0.25) is 0 Å². The minimum Gasteiger partial charge on any atom is -0.349 e. The number of hydrogen-bond acceptors (Lipinski definition) is 1. The molecule has 3 nitrogen and oxygen atoms in total. The molecule has 1 rings (SSSR count). The largest absolute Gasteiger partial charge is 0.392 e. The first kappa shape index (κ1) is 16.1. The zero-order valence-electron chi connectivity index (χ0n) is 12.2. The quantitative estimate of drug-likeness (QED) is 0.572. The first-order chi connectivity index (χ1) is 8.73. The van der Waals surface area contributed by atoms with Gasteiger partial charge in [0.15, 0.2) is 5.96 Å². The second-order valence-corrected chi connectivity index (χ2v) is 5.62. The van der Waals surface area contributed by atoms with E-state index in [0.717, 1.165) is 6.42 Å². The molecule has 1 saturated carbocycles. The molecule has 1 fully saturated rings. The number of rotatable bonds is 2. The van der Waals surface area contributed by atoms with Crippen LogP contribution < -0.4 is 0 Å². The average molecular weight is 279 g/mol. The van der Waals surface area contributed by atoms with Crippen LogP contribution in [0.15, 0.2) is 4.99 Å². The molecule has 0 aromatic rings. The van der Waals surface area contributed by atoms with Gasteiger partial charge in [0.1, 0.15) is 0 Å². The van der Waals surface area contributed by atoms with Gasteiger partial charge in [-0.05, 0) is 18.8 Å². The monoisotopic (exact) mass is 279 g/mol. The minimum atomic E-state index is -4.09. The first-order valence-electron chi connectivity index (χ1n) is 6.69. The maximum atomic E-state index is 13.0. The molecule has 1 aliphatic carbocycles. The van der Waals surface area contributed by atoms with E-state index in [0.29, 0.717) is 18.8 Å². The summed E-state index contributed by atoms with van der Waals surface area (Å²) in [7, 11) is 7.39. The number of hydrogen-bond donors (Lipinski definition) is 0. The van der Waals surface area contributed by atoms with E-state index in [1.165, 1.54) is 0 Å². The lowest BCUT2D eigenvalue weighted by atomic mass is 9.79. The number of guanidine groups is 1. The second kappa shape index (κ2) is 6.48. The van der Waals surface area contributed by atoms with Gasteiger partial charge in [-0.3, -0.25) is 4.99 Å². The van der Waals surface area contributed by atoms with Gasteiger partial charge in [-0.2, -0.15) is 13.2 Å². The number of nitrogens with zero attached hydrogens (tertiary/aromatic N) is 3. The van der Waals surface area contributed by atoms with Gasteiger partial charge in [-0.25, -0.2) is 0 Å². The molecule has 0 amide bonds. The summed E-state index contributed by atoms with van der Waals surface area (Å²) in [5, 5.41) is 0. The fourth-order valence-corrected chi connectivity index (χ4v) is 2.74. The van der Waals surface area contributed by atoms with Crippen LogP contribution in [-0.4, -0.2) is 56.7 Å². The molecule has 2 atom stereocenters. The van der Waals surface area contributed by atoms with Crippen molar-refractivity contribution in [3.8, 4) is 0 Å². The summed E-state index contributed by atoms with van der Waals surface area (Å²) < 4.78 is 38.9. The Morgan fingerprint density at radius 2 is 1.58 bits per heavy atom. The summed E-state index contributed by atoms with van der Waals surface area (Å²) in [5.74, 6) is -0.842. The van der Waals surface area contributed by atoms with E-state index in [2.05, 4.69) is 4.99 Å². The number of alkyl halides is 3. The Balaban J connectivity index is 2.75. The fraction of sp³-hybridized carbons (Fsp3) is 0.923. The van der Waals surface area contributed by atoms with Gasteiger partial charge in [0.05, 0.1) is 5.92 Å². The molecule has 0 N–H and O–H groups in total. The van der Waals surface area contributed by atoms with Gasteiger partial charge in [0, 0.05) is 34.7 Å². The summed E-state index contributed by atoms with van der Waals surface area (Å²) in [4.78, 5) is 8.03. The van der Waals surface area contributed by atoms with Crippen molar-refractivity contribution in [3.05, 3.63) is 0 Å². The van der Waals surface area contributed by atoms with E-state index in [1.54, 1.807) is 0 Å². The van der Waals surface area contributed by atoms with Crippen LogP contribution in [-0.2, 0) is 0 Å². The van der Waals surface area contributed by atoms with E-state index in [1.807, 2.05) is 38.0 Å². The Hall–Kier alpha value is -0.940. The van der Waals surface area contributed by atoms with Gasteiger partial charge >= 0.3 is 6.18 Å². The minimum absolute atomic E-state index is 0.253. The molecular formula is C13H24F3N3. The van der Waals surface area contributed by atoms with E-state index >= 15 is 0 Å². The molecule has 19 heavy (non-hydrogen) atoms. The van der Waals surface area contributed by atoms with Crippen molar-refractivity contribution in [3.63, 3.8) is 0 Å². The Morgan fingerprint density at radius 1 is 1.05 bits per heavy atom. The highest BCUT2D eigenvalue weighted by Crippen LogP contribution is 2.41. The van der Waals surface area contributed by atoms with Crippen molar-refractivity contribution in [1.82, 2.24) is 9.80 Å². The van der Waals surface area contributed by atoms with Crippen LogP contribution in [0.2, 0.25) is 0 Å². The van der Waals surface area contributed by atoms with Crippen LogP contribution >= 0.6 is 0 Å². The normalized spacial score (nSPS) is 23.9. The lowest BCUT2D eigenvalue weighted by Crippen LogP contribution is -2.38. The highest BCUT2D eigenvalue weighted by atomic mass is 19.4. The van der Waals surface area contributed by atoms with Crippen molar-refractivity contribution in [2.24, 2.45) is 16.8 Å². The lowest BCUT2D eigenvalue weighted by Gasteiger charge is -2.32. The third-order valence-corrected chi connectivity index (χ3v) is 3.60. The molecule has 2 unspecified atom stereocenters. The number of halogens is 3. The Morgan fingerprint density at radius 3 is 2.05 bits per heavy atom. The van der Waals surface area contributed by atoms with E-state index < -0.39 is 12.1 Å². The van der Waals surface area contributed by atoms with Crippen molar-refractivity contribution in [1.29, 1.82) is 0 Å². The van der Waals surface area contributed by atoms with E-state index in [4.69, 9.17) is 0 Å². The molecular weight excluding hydrogens is 255 g/mol. The summed E-state index contributed by atoms with van der Waals surface area (Å²) in [6.45, 7) is 0.260. The second-order valence-electron chi connectivity index (χ2n) is 5.62. The van der Waals surface area contributed by atoms with Gasteiger partial charge < -0.3 is 9.80 Å². The van der Waals surface area contributed by atoms with E-state index in [9.17, 15) is 13.2 Å². The van der Waals surface area contributed by atoms with Gasteiger partial charge in [0.25, 0.3) is 0 Å². The smallest absolute Gasteiger partial charge is 0.349 e. The SMILES string of the molecule is CN(C)C(=NCC1CCCCC1C(F)(F)F)N(C)C. The maximum Gasteiger partial charge on any atom is 0.392 e. The van der Waals surface area contributed by atoms with Crippen LogP contribution in [0.5, 0.6) is 0 Å². The lowest BCUT2D eigenvalue weighted by molar-refractivity contribution is -0.195. The number of aliphatic imine (C=N–C) groups is 1. The van der Waals surface area contributed by atoms with Gasteiger partial charge in [-0.15, -0.1) is 0 Å². The third kappa shape index (κ3) is 4.58. The molecule has 0 heterocycles. The molecule has 112 valence electrons. The highest BCUT2D eigenvalue weighted by Gasteiger charge is 2.45. The Labute approximate surface area is 113 Å². The van der Waals surface area contributed by atoms with Crippen LogP contribution in [0.1, 0.15) is 25.7 Å². The zero-order chi connectivity index (χ0) is 14.6. The molecule has 0 radical (unpaired) electrons. The molecule has 0 saturated heterocycles. The molecule has 0 bridgehead atoms. The van der Waals surface area contributed by atoms with E-state index in [-0.39, 0.29) is 18.9 Å². The van der Waals surface area contributed by atoms with Crippen molar-refractivity contribution >= 4 is 5.96 Å². The fourth-order valence-electron chi connectivity index (χ4n) is 2.74. The molecule has 0 spiro atoms. The Bertz CT molecular complexity index is 301.